The minimum Gasteiger partial charge on any atom is -0.353 e. The van der Waals surface area contributed by atoms with Gasteiger partial charge in [-0.2, -0.15) is 5.10 Å². The summed E-state index contributed by atoms with van der Waals surface area (Å²) < 4.78 is 4.09. The number of benzene rings is 1. The summed E-state index contributed by atoms with van der Waals surface area (Å²) in [5, 5.41) is 8.07. The summed E-state index contributed by atoms with van der Waals surface area (Å²) in [6, 6.07) is 22.2. The van der Waals surface area contributed by atoms with Gasteiger partial charge in [-0.25, -0.2) is 9.67 Å². The van der Waals surface area contributed by atoms with Gasteiger partial charge in [-0.15, -0.1) is 11.3 Å². The molecule has 0 radical (unpaired) electrons. The van der Waals surface area contributed by atoms with Crippen LogP contribution in [0.25, 0.3) is 27.3 Å². The number of piperazine rings is 1. The fourth-order valence-electron chi connectivity index (χ4n) is 4.83. The predicted octanol–water partition coefficient (Wildman–Crippen LogP) is 4.93. The summed E-state index contributed by atoms with van der Waals surface area (Å²) in [6.07, 6.45) is 1.81. The maximum Gasteiger partial charge on any atom is 0.270 e. The molecular formula is C27H26N6OS. The van der Waals surface area contributed by atoms with Crippen molar-refractivity contribution in [3.63, 3.8) is 0 Å². The van der Waals surface area contributed by atoms with E-state index in [9.17, 15) is 4.79 Å². The topological polar surface area (TPSA) is 59.2 Å². The van der Waals surface area contributed by atoms with Crippen molar-refractivity contribution in [1.29, 1.82) is 0 Å². The quantitative estimate of drug-likeness (QED) is 0.356. The highest BCUT2D eigenvalue weighted by Gasteiger charge is 2.28. The largest absolute Gasteiger partial charge is 0.353 e. The minimum absolute atomic E-state index is 0.0699. The van der Waals surface area contributed by atoms with Crippen molar-refractivity contribution in [2.75, 3.05) is 31.1 Å². The van der Waals surface area contributed by atoms with E-state index in [0.717, 1.165) is 46.2 Å². The van der Waals surface area contributed by atoms with Crippen molar-refractivity contribution in [2.45, 2.75) is 13.5 Å². The zero-order valence-electron chi connectivity index (χ0n) is 19.5. The fraction of sp³-hybridized carbons (Fsp3) is 0.222. The molecule has 0 N–H and O–H groups in total. The van der Waals surface area contributed by atoms with Gasteiger partial charge in [-0.1, -0.05) is 30.3 Å². The normalized spacial score (nSPS) is 14.1. The Morgan fingerprint density at radius 2 is 1.77 bits per heavy atom. The molecular weight excluding hydrogens is 456 g/mol. The Balaban J connectivity index is 1.38. The van der Waals surface area contributed by atoms with Crippen molar-refractivity contribution in [3.05, 3.63) is 84.0 Å². The Labute approximate surface area is 207 Å². The van der Waals surface area contributed by atoms with Crippen LogP contribution in [0.15, 0.2) is 78.3 Å². The van der Waals surface area contributed by atoms with Crippen molar-refractivity contribution in [1.82, 2.24) is 24.2 Å². The number of fused-ring (bicyclic) bond motifs is 1. The molecule has 1 aliphatic rings. The molecule has 7 nitrogen and oxygen atoms in total. The van der Waals surface area contributed by atoms with Gasteiger partial charge < -0.3 is 14.4 Å². The van der Waals surface area contributed by atoms with E-state index in [0.29, 0.717) is 25.3 Å². The number of rotatable bonds is 5. The number of carbonyl (C=O) groups is 1. The minimum atomic E-state index is 0.0699. The van der Waals surface area contributed by atoms with Gasteiger partial charge in [0.2, 0.25) is 0 Å². The third-order valence-corrected chi connectivity index (χ3v) is 7.43. The molecule has 5 aromatic rings. The van der Waals surface area contributed by atoms with E-state index in [4.69, 9.17) is 5.10 Å². The fourth-order valence-corrected chi connectivity index (χ4v) is 5.55. The molecule has 5 heterocycles. The van der Waals surface area contributed by atoms with Crippen molar-refractivity contribution >= 4 is 34.1 Å². The van der Waals surface area contributed by atoms with Crippen molar-refractivity contribution < 1.29 is 4.79 Å². The maximum atomic E-state index is 13.8. The van der Waals surface area contributed by atoms with Gasteiger partial charge in [0.25, 0.3) is 5.91 Å². The second-order valence-electron chi connectivity index (χ2n) is 8.55. The van der Waals surface area contributed by atoms with Crippen LogP contribution in [-0.2, 0) is 6.54 Å². The third-order valence-electron chi connectivity index (χ3n) is 6.56. The lowest BCUT2D eigenvalue weighted by Gasteiger charge is -2.35. The molecule has 0 spiro atoms. The number of pyridine rings is 1. The first-order valence-electron chi connectivity index (χ1n) is 11.9. The molecule has 35 heavy (non-hydrogen) atoms. The standard InChI is InChI=1S/C27H26N6OS/c1-2-32-22(27(34)31-16-14-30(15-17-31)24-12-6-7-13-28-24)19-21-25(23-11-8-18-35-23)29-33(26(21)32)20-9-4-3-5-10-20/h3-13,18-19H,2,14-17H2,1H3. The Bertz CT molecular complexity index is 1450. The molecule has 0 aliphatic carbocycles. The average Bonchev–Trinajstić information content (AvgIpc) is 3.66. The number of para-hydroxylation sites is 1. The van der Waals surface area contributed by atoms with Gasteiger partial charge in [0.15, 0.2) is 0 Å². The van der Waals surface area contributed by atoms with E-state index in [1.807, 2.05) is 64.3 Å². The van der Waals surface area contributed by atoms with Gasteiger partial charge in [0.1, 0.15) is 22.9 Å². The Kier molecular flexibility index (Phi) is 5.58. The second-order valence-corrected chi connectivity index (χ2v) is 9.50. The molecule has 0 unspecified atom stereocenters. The number of aryl methyl sites for hydroxylation is 1. The smallest absolute Gasteiger partial charge is 0.270 e. The first-order valence-corrected chi connectivity index (χ1v) is 12.8. The van der Waals surface area contributed by atoms with E-state index in [2.05, 4.69) is 45.0 Å². The zero-order valence-corrected chi connectivity index (χ0v) is 20.4. The highest BCUT2D eigenvalue weighted by Crippen LogP contribution is 2.35. The molecule has 1 aliphatic heterocycles. The van der Waals surface area contributed by atoms with Crippen LogP contribution in [0.2, 0.25) is 0 Å². The number of anilines is 1. The van der Waals surface area contributed by atoms with Crippen LogP contribution >= 0.6 is 11.3 Å². The summed E-state index contributed by atoms with van der Waals surface area (Å²) in [5.41, 5.74) is 3.57. The molecule has 0 bridgehead atoms. The van der Waals surface area contributed by atoms with Crippen LogP contribution < -0.4 is 4.90 Å². The highest BCUT2D eigenvalue weighted by atomic mass is 32.1. The van der Waals surface area contributed by atoms with E-state index >= 15 is 0 Å². The van der Waals surface area contributed by atoms with Crippen molar-refractivity contribution in [3.8, 4) is 16.3 Å². The first-order chi connectivity index (χ1) is 17.2. The number of amides is 1. The Morgan fingerprint density at radius 1 is 0.971 bits per heavy atom. The zero-order chi connectivity index (χ0) is 23.8. The lowest BCUT2D eigenvalue weighted by Crippen LogP contribution is -2.49. The molecule has 6 rings (SSSR count). The molecule has 1 saturated heterocycles. The molecule has 1 amide bonds. The summed E-state index contributed by atoms with van der Waals surface area (Å²) in [7, 11) is 0. The molecule has 176 valence electrons. The van der Waals surface area contributed by atoms with Crippen LogP contribution in [0.4, 0.5) is 5.82 Å². The molecule has 1 aromatic carbocycles. The molecule has 4 aromatic heterocycles. The summed E-state index contributed by atoms with van der Waals surface area (Å²) in [4.78, 5) is 23.5. The number of hydrogen-bond donors (Lipinski definition) is 0. The van der Waals surface area contributed by atoms with Crippen LogP contribution in [0, 0.1) is 0 Å². The number of aromatic nitrogens is 4. The van der Waals surface area contributed by atoms with Gasteiger partial charge in [0.05, 0.1) is 10.6 Å². The molecule has 0 atom stereocenters. The monoisotopic (exact) mass is 482 g/mol. The predicted molar refractivity (Wildman–Crippen MR) is 140 cm³/mol. The van der Waals surface area contributed by atoms with E-state index < -0.39 is 0 Å². The van der Waals surface area contributed by atoms with Crippen molar-refractivity contribution in [2.24, 2.45) is 0 Å². The van der Waals surface area contributed by atoms with Crippen LogP contribution in [0.3, 0.4) is 0 Å². The van der Waals surface area contributed by atoms with Gasteiger partial charge >= 0.3 is 0 Å². The summed E-state index contributed by atoms with van der Waals surface area (Å²) >= 11 is 1.66. The number of hydrogen-bond acceptors (Lipinski definition) is 5. The van der Waals surface area contributed by atoms with E-state index in [1.54, 1.807) is 11.3 Å². The van der Waals surface area contributed by atoms with Crippen LogP contribution in [0.5, 0.6) is 0 Å². The second kappa shape index (κ2) is 9.03. The SMILES string of the molecule is CCn1c(C(=O)N2CCN(c3ccccn3)CC2)cc2c(-c3cccs3)nn(-c3ccccc3)c21. The van der Waals surface area contributed by atoms with Crippen LogP contribution in [0.1, 0.15) is 17.4 Å². The first kappa shape index (κ1) is 21.6. The van der Waals surface area contributed by atoms with Crippen LogP contribution in [-0.4, -0.2) is 56.3 Å². The van der Waals surface area contributed by atoms with Gasteiger partial charge in [-0.05, 0) is 48.7 Å². The maximum absolute atomic E-state index is 13.8. The highest BCUT2D eigenvalue weighted by molar-refractivity contribution is 7.13. The Morgan fingerprint density at radius 3 is 2.46 bits per heavy atom. The summed E-state index contributed by atoms with van der Waals surface area (Å²) in [6.45, 7) is 5.65. The lowest BCUT2D eigenvalue weighted by atomic mass is 10.2. The molecule has 1 fully saturated rings. The van der Waals surface area contributed by atoms with Gasteiger partial charge in [-0.3, -0.25) is 4.79 Å². The average molecular weight is 483 g/mol. The number of carbonyl (C=O) groups excluding carboxylic acids is 1. The van der Waals surface area contributed by atoms with Gasteiger partial charge in [0, 0.05) is 44.3 Å². The summed E-state index contributed by atoms with van der Waals surface area (Å²) in [5.74, 6) is 1.03. The Hall–Kier alpha value is -3.91. The number of nitrogens with zero attached hydrogens (tertiary/aromatic N) is 6. The lowest BCUT2D eigenvalue weighted by molar-refractivity contribution is 0.0736. The van der Waals surface area contributed by atoms with E-state index in [-0.39, 0.29) is 5.91 Å². The molecule has 8 heteroatoms. The third kappa shape index (κ3) is 3.80. The van der Waals surface area contributed by atoms with E-state index in [1.165, 1.54) is 0 Å². The molecule has 0 saturated carbocycles. The number of thiophene rings is 1.